The number of carbonyl (C=O) groups excluding carboxylic acids is 1. The normalized spacial score (nSPS) is 19.6. The molecular weight excluding hydrogens is 326 g/mol. The molecule has 5 heteroatoms. The first-order chi connectivity index (χ1) is 8.98. The molecule has 0 saturated heterocycles. The number of nitrogens with one attached hydrogen (secondary N) is 1. The van der Waals surface area contributed by atoms with Gasteiger partial charge in [0.15, 0.2) is 0 Å². The fraction of sp³-hybridized carbons (Fsp3) is 0.500. The summed E-state index contributed by atoms with van der Waals surface area (Å²) in [5.74, 6) is 0.0451. The minimum atomic E-state index is -0.685. The summed E-state index contributed by atoms with van der Waals surface area (Å²) in [4.78, 5) is 12.1. The van der Waals surface area contributed by atoms with E-state index in [-0.39, 0.29) is 16.7 Å². The maximum atomic E-state index is 12.1. The van der Waals surface area contributed by atoms with Crippen molar-refractivity contribution >= 4 is 33.6 Å². The molecule has 104 valence electrons. The molecule has 2 atom stereocenters. The van der Waals surface area contributed by atoms with Gasteiger partial charge in [0.2, 0.25) is 5.91 Å². The lowest BCUT2D eigenvalue weighted by Crippen LogP contribution is -2.42. The Morgan fingerprint density at radius 2 is 2.00 bits per heavy atom. The predicted molar refractivity (Wildman–Crippen MR) is 82.2 cm³/mol. The number of halogens is 1. The monoisotopic (exact) mass is 343 g/mol. The minimum Gasteiger partial charge on any atom is -0.386 e. The van der Waals surface area contributed by atoms with Crippen LogP contribution in [0.4, 0.5) is 0 Å². The van der Waals surface area contributed by atoms with E-state index in [0.717, 1.165) is 22.9 Å². The van der Waals surface area contributed by atoms with Gasteiger partial charge in [-0.15, -0.1) is 11.8 Å². The van der Waals surface area contributed by atoms with Gasteiger partial charge in [0.05, 0.1) is 16.9 Å². The quantitative estimate of drug-likeness (QED) is 0.864. The highest BCUT2D eigenvalue weighted by molar-refractivity contribution is 9.10. The highest BCUT2D eigenvalue weighted by atomic mass is 79.9. The molecular formula is C14H18BrNO2S. The summed E-state index contributed by atoms with van der Waals surface area (Å²) in [6.07, 6.45) is 3.14. The van der Waals surface area contributed by atoms with Crippen LogP contribution in [0.2, 0.25) is 0 Å². The van der Waals surface area contributed by atoms with Crippen LogP contribution in [0.5, 0.6) is 0 Å². The van der Waals surface area contributed by atoms with Crippen molar-refractivity contribution < 1.29 is 9.90 Å². The van der Waals surface area contributed by atoms with Crippen LogP contribution in [0.3, 0.4) is 0 Å². The van der Waals surface area contributed by atoms with Gasteiger partial charge in [-0.05, 0) is 43.7 Å². The second-order valence-electron chi connectivity index (χ2n) is 4.96. The highest BCUT2D eigenvalue weighted by Crippen LogP contribution is 2.47. The summed E-state index contributed by atoms with van der Waals surface area (Å²) < 4.78 is 0.729. The molecule has 1 aliphatic rings. The SMILES string of the molecule is CSC1(C(=O)N[C@@H](C)[C@@H](O)c2ccc(Br)cc2)CC1. The minimum absolute atomic E-state index is 0.0451. The van der Waals surface area contributed by atoms with Gasteiger partial charge in [0.1, 0.15) is 0 Å². The van der Waals surface area contributed by atoms with Crippen LogP contribution in [0.1, 0.15) is 31.4 Å². The van der Waals surface area contributed by atoms with Crippen LogP contribution in [0.15, 0.2) is 28.7 Å². The van der Waals surface area contributed by atoms with Gasteiger partial charge < -0.3 is 10.4 Å². The third kappa shape index (κ3) is 3.33. The molecule has 0 heterocycles. The number of aliphatic hydroxyl groups excluding tert-OH is 1. The van der Waals surface area contributed by atoms with Crippen LogP contribution in [0, 0.1) is 0 Å². The number of benzene rings is 1. The second-order valence-corrected chi connectivity index (χ2v) is 7.06. The van der Waals surface area contributed by atoms with Gasteiger partial charge in [0, 0.05) is 4.47 Å². The van der Waals surface area contributed by atoms with E-state index in [1.54, 1.807) is 11.8 Å². The van der Waals surface area contributed by atoms with Gasteiger partial charge in [-0.1, -0.05) is 28.1 Å². The Bertz CT molecular complexity index is 459. The Kier molecular flexibility index (Phi) is 4.58. The van der Waals surface area contributed by atoms with Crippen molar-refractivity contribution in [2.24, 2.45) is 0 Å². The van der Waals surface area contributed by atoms with E-state index >= 15 is 0 Å². The van der Waals surface area contributed by atoms with E-state index in [1.807, 2.05) is 37.4 Å². The van der Waals surface area contributed by atoms with E-state index in [2.05, 4.69) is 21.2 Å². The Labute approximate surface area is 126 Å². The van der Waals surface area contributed by atoms with Gasteiger partial charge in [-0.2, -0.15) is 0 Å². The molecule has 2 rings (SSSR count). The summed E-state index contributed by atoms with van der Waals surface area (Å²) in [7, 11) is 0. The molecule has 0 bridgehead atoms. The zero-order valence-corrected chi connectivity index (χ0v) is 13.4. The average molecular weight is 344 g/mol. The zero-order chi connectivity index (χ0) is 14.0. The number of hydrogen-bond acceptors (Lipinski definition) is 3. The molecule has 1 amide bonds. The van der Waals surface area contributed by atoms with Crippen molar-refractivity contribution in [1.29, 1.82) is 0 Å². The summed E-state index contributed by atoms with van der Waals surface area (Å²) in [5, 5.41) is 13.2. The molecule has 3 nitrogen and oxygen atoms in total. The molecule has 1 fully saturated rings. The maximum Gasteiger partial charge on any atom is 0.236 e. The summed E-state index contributed by atoms with van der Waals surface area (Å²) >= 11 is 4.96. The number of amides is 1. The Morgan fingerprint density at radius 3 is 2.47 bits per heavy atom. The molecule has 0 aromatic heterocycles. The van der Waals surface area contributed by atoms with Crippen LogP contribution in [-0.4, -0.2) is 28.1 Å². The smallest absolute Gasteiger partial charge is 0.236 e. The molecule has 1 aliphatic carbocycles. The van der Waals surface area contributed by atoms with Crippen molar-refractivity contribution in [3.8, 4) is 0 Å². The molecule has 0 spiro atoms. The van der Waals surface area contributed by atoms with E-state index in [4.69, 9.17) is 0 Å². The Hall–Kier alpha value is -0.520. The van der Waals surface area contributed by atoms with E-state index < -0.39 is 6.10 Å². The van der Waals surface area contributed by atoms with Crippen LogP contribution in [0.25, 0.3) is 0 Å². The van der Waals surface area contributed by atoms with Gasteiger partial charge in [0.25, 0.3) is 0 Å². The lowest BCUT2D eigenvalue weighted by Gasteiger charge is -2.23. The van der Waals surface area contributed by atoms with Gasteiger partial charge in [-0.3, -0.25) is 4.79 Å². The molecule has 1 saturated carbocycles. The first-order valence-electron chi connectivity index (χ1n) is 6.28. The molecule has 2 N–H and O–H groups in total. The van der Waals surface area contributed by atoms with Crippen molar-refractivity contribution in [1.82, 2.24) is 5.32 Å². The third-order valence-electron chi connectivity index (χ3n) is 3.55. The third-order valence-corrected chi connectivity index (χ3v) is 5.46. The lowest BCUT2D eigenvalue weighted by atomic mass is 10.0. The fourth-order valence-corrected chi connectivity index (χ4v) is 3.02. The van der Waals surface area contributed by atoms with Crippen molar-refractivity contribution in [2.45, 2.75) is 36.7 Å². The predicted octanol–water partition coefficient (Wildman–Crippen LogP) is 2.88. The average Bonchev–Trinajstić information content (AvgIpc) is 3.19. The van der Waals surface area contributed by atoms with Crippen LogP contribution >= 0.6 is 27.7 Å². The van der Waals surface area contributed by atoms with E-state index in [0.29, 0.717) is 0 Å². The maximum absolute atomic E-state index is 12.1. The standard InChI is InChI=1S/C14H18BrNO2S/c1-9(16-13(18)14(19-2)7-8-14)12(17)10-3-5-11(15)6-4-10/h3-6,9,12,17H,7-8H2,1-2H3,(H,16,18)/t9-,12+/m0/s1. The topological polar surface area (TPSA) is 49.3 Å². The van der Waals surface area contributed by atoms with E-state index in [1.165, 1.54) is 0 Å². The lowest BCUT2D eigenvalue weighted by molar-refractivity contribution is -0.122. The zero-order valence-electron chi connectivity index (χ0n) is 11.0. The highest BCUT2D eigenvalue weighted by Gasteiger charge is 2.49. The van der Waals surface area contributed by atoms with Crippen molar-refractivity contribution in [2.75, 3.05) is 6.26 Å². The molecule has 1 aromatic rings. The van der Waals surface area contributed by atoms with Gasteiger partial charge >= 0.3 is 0 Å². The summed E-state index contributed by atoms with van der Waals surface area (Å²) in [6, 6.07) is 7.20. The summed E-state index contributed by atoms with van der Waals surface area (Å²) in [6.45, 7) is 1.83. The molecule has 0 radical (unpaired) electrons. The second kappa shape index (κ2) is 5.85. The van der Waals surface area contributed by atoms with Crippen molar-refractivity contribution in [3.63, 3.8) is 0 Å². The molecule has 0 unspecified atom stereocenters. The van der Waals surface area contributed by atoms with Crippen LogP contribution < -0.4 is 5.32 Å². The summed E-state index contributed by atoms with van der Waals surface area (Å²) in [5.41, 5.74) is 0.810. The van der Waals surface area contributed by atoms with Crippen LogP contribution in [-0.2, 0) is 4.79 Å². The largest absolute Gasteiger partial charge is 0.386 e. The first kappa shape index (κ1) is 14.9. The Balaban J connectivity index is 1.97. The molecule has 1 aromatic carbocycles. The molecule has 0 aliphatic heterocycles. The Morgan fingerprint density at radius 1 is 1.42 bits per heavy atom. The number of rotatable bonds is 5. The number of hydrogen-bond donors (Lipinski definition) is 2. The fourth-order valence-electron chi connectivity index (χ4n) is 2.00. The van der Waals surface area contributed by atoms with E-state index in [9.17, 15) is 9.90 Å². The number of aliphatic hydroxyl groups is 1. The number of thioether (sulfide) groups is 1. The van der Waals surface area contributed by atoms with Crippen molar-refractivity contribution in [3.05, 3.63) is 34.3 Å². The van der Waals surface area contributed by atoms with Gasteiger partial charge in [-0.25, -0.2) is 0 Å². The number of carbonyl (C=O) groups is 1. The molecule has 19 heavy (non-hydrogen) atoms. The first-order valence-corrected chi connectivity index (χ1v) is 8.30.